The highest BCUT2D eigenvalue weighted by Crippen LogP contribution is 2.47. The molecule has 12 heteroatoms. The molecule has 0 unspecified atom stereocenters. The van der Waals surface area contributed by atoms with Crippen LogP contribution in [-0.4, -0.2) is 62.2 Å². The van der Waals surface area contributed by atoms with Gasteiger partial charge in [-0.2, -0.15) is 10.2 Å². The number of thiophene rings is 1. The van der Waals surface area contributed by atoms with Gasteiger partial charge in [-0.05, 0) is 49.6 Å². The first-order chi connectivity index (χ1) is 23.7. The number of carbonyl (C=O) groups excluding carboxylic acids is 1. The Morgan fingerprint density at radius 1 is 1.04 bits per heavy atom. The summed E-state index contributed by atoms with van der Waals surface area (Å²) in [6, 6.07) is 11.7. The van der Waals surface area contributed by atoms with Crippen molar-refractivity contribution >= 4 is 38.2 Å². The number of ether oxygens (including phenoxy) is 2. The lowest BCUT2D eigenvalue weighted by Gasteiger charge is -2.33. The van der Waals surface area contributed by atoms with E-state index in [2.05, 4.69) is 17.7 Å². The highest BCUT2D eigenvalue weighted by atomic mass is 32.1. The SMILES string of the molecule is C=CC(=O)N1CCn2nc(-c3nc(-c4ccc5c(c4)c(C)nn5C)c4ccsc4c3-c3c(F)cc(F)cc3OCCOC)cc2[C@H]1C.CC. The van der Waals surface area contributed by atoms with Gasteiger partial charge in [0, 0.05) is 59.4 Å². The van der Waals surface area contributed by atoms with E-state index in [1.165, 1.54) is 30.6 Å². The van der Waals surface area contributed by atoms with E-state index in [4.69, 9.17) is 19.6 Å². The number of fused-ring (bicyclic) bond motifs is 3. The molecule has 1 aliphatic rings. The third-order valence-corrected chi connectivity index (χ3v) is 9.62. The van der Waals surface area contributed by atoms with Crippen molar-refractivity contribution in [3.8, 4) is 39.5 Å². The van der Waals surface area contributed by atoms with Crippen LogP contribution in [-0.2, 0) is 23.1 Å². The molecule has 0 spiro atoms. The highest BCUT2D eigenvalue weighted by molar-refractivity contribution is 7.18. The topological polar surface area (TPSA) is 87.3 Å². The standard InChI is InChI=1S/C35H32F2N6O3S.C2H6/c1-6-30(44)42-10-11-43-28(20(42)3)18-26(40-43)34-32(31-25(37)16-22(36)17-29(31)46-13-12-45-5)35-23(9-14-47-35)33(38-34)21-7-8-27-24(15-21)19(2)39-41(27)4;1-2/h6-9,14-18,20H,1,10-13H2,2-5H3;1-2H3/t20-;/m1./s1. The van der Waals surface area contributed by atoms with Crippen molar-refractivity contribution in [2.24, 2.45) is 7.05 Å². The van der Waals surface area contributed by atoms with Gasteiger partial charge in [0.25, 0.3) is 0 Å². The maximum atomic E-state index is 16.1. The van der Waals surface area contributed by atoms with E-state index in [9.17, 15) is 9.18 Å². The van der Waals surface area contributed by atoms with Gasteiger partial charge in [-0.15, -0.1) is 11.3 Å². The first kappa shape index (κ1) is 33.9. The lowest BCUT2D eigenvalue weighted by atomic mass is 9.96. The molecule has 0 saturated heterocycles. The third-order valence-electron chi connectivity index (χ3n) is 8.69. The molecule has 1 amide bonds. The Morgan fingerprint density at radius 3 is 2.59 bits per heavy atom. The number of hydrogen-bond donors (Lipinski definition) is 0. The molecule has 0 saturated carbocycles. The van der Waals surface area contributed by atoms with Crippen LogP contribution in [0.3, 0.4) is 0 Å². The zero-order valence-electron chi connectivity index (χ0n) is 28.4. The summed E-state index contributed by atoms with van der Waals surface area (Å²) in [7, 11) is 3.44. The van der Waals surface area contributed by atoms with Crippen LogP contribution in [0.4, 0.5) is 8.78 Å². The largest absolute Gasteiger partial charge is 0.490 e. The van der Waals surface area contributed by atoms with Crippen LogP contribution in [0.2, 0.25) is 0 Å². The fraction of sp³-hybridized carbons (Fsp3) is 0.297. The number of halogens is 2. The van der Waals surface area contributed by atoms with E-state index in [-0.39, 0.29) is 36.5 Å². The number of amides is 1. The number of nitrogens with zero attached hydrogens (tertiary/aromatic N) is 6. The first-order valence-electron chi connectivity index (χ1n) is 16.2. The summed E-state index contributed by atoms with van der Waals surface area (Å²) in [5.41, 5.74) is 5.69. The highest BCUT2D eigenvalue weighted by Gasteiger charge is 2.31. The maximum absolute atomic E-state index is 16.1. The number of rotatable bonds is 8. The smallest absolute Gasteiger partial charge is 0.246 e. The zero-order chi connectivity index (χ0) is 35.0. The molecule has 1 atom stereocenters. The Hall–Kier alpha value is -4.94. The van der Waals surface area contributed by atoms with Crippen molar-refractivity contribution in [3.63, 3.8) is 0 Å². The molecule has 6 aromatic rings. The summed E-state index contributed by atoms with van der Waals surface area (Å²) < 4.78 is 46.3. The van der Waals surface area contributed by atoms with Crippen LogP contribution in [0.5, 0.6) is 5.75 Å². The molecule has 1 aliphatic heterocycles. The molecule has 7 rings (SSSR count). The zero-order valence-corrected chi connectivity index (χ0v) is 29.2. The van der Waals surface area contributed by atoms with E-state index < -0.39 is 11.6 Å². The number of pyridine rings is 1. The first-order valence-corrected chi connectivity index (χ1v) is 17.0. The fourth-order valence-corrected chi connectivity index (χ4v) is 7.38. The normalized spacial score (nSPS) is 14.1. The molecule has 254 valence electrons. The van der Waals surface area contributed by atoms with Gasteiger partial charge in [0.2, 0.25) is 5.91 Å². The number of benzene rings is 2. The third kappa shape index (κ3) is 5.99. The molecule has 0 bridgehead atoms. The van der Waals surface area contributed by atoms with Gasteiger partial charge in [0.1, 0.15) is 35.4 Å². The van der Waals surface area contributed by atoms with E-state index in [1.54, 1.807) is 4.90 Å². The number of carbonyl (C=O) groups is 1. The minimum absolute atomic E-state index is 0.0394. The number of methoxy groups -OCH3 is 1. The molecular weight excluding hydrogens is 647 g/mol. The average Bonchev–Trinajstić information content (AvgIpc) is 3.83. The monoisotopic (exact) mass is 684 g/mol. The Labute approximate surface area is 287 Å². The van der Waals surface area contributed by atoms with Gasteiger partial charge in [0.05, 0.1) is 47.4 Å². The molecule has 0 aliphatic carbocycles. The van der Waals surface area contributed by atoms with E-state index in [0.717, 1.165) is 44.0 Å². The predicted octanol–water partition coefficient (Wildman–Crippen LogP) is 8.11. The van der Waals surface area contributed by atoms with Gasteiger partial charge >= 0.3 is 0 Å². The summed E-state index contributed by atoms with van der Waals surface area (Å²) in [4.78, 5) is 19.6. The van der Waals surface area contributed by atoms with Gasteiger partial charge < -0.3 is 14.4 Å². The minimum Gasteiger partial charge on any atom is -0.490 e. The lowest BCUT2D eigenvalue weighted by molar-refractivity contribution is -0.129. The average molecular weight is 685 g/mol. The van der Waals surface area contributed by atoms with Crippen molar-refractivity contribution in [1.82, 2.24) is 29.4 Å². The molecular formula is C37H38F2N6O3S. The second-order valence-corrected chi connectivity index (χ2v) is 12.4. The quantitative estimate of drug-likeness (QED) is 0.119. The van der Waals surface area contributed by atoms with Crippen LogP contribution in [0.15, 0.2) is 60.5 Å². The second-order valence-electron chi connectivity index (χ2n) is 11.5. The molecule has 2 aromatic carbocycles. The van der Waals surface area contributed by atoms with Crippen LogP contribution < -0.4 is 4.74 Å². The molecule has 0 N–H and O–H groups in total. The van der Waals surface area contributed by atoms with Gasteiger partial charge in [-0.1, -0.05) is 26.5 Å². The van der Waals surface area contributed by atoms with Crippen molar-refractivity contribution in [2.75, 3.05) is 26.9 Å². The molecule has 0 fully saturated rings. The van der Waals surface area contributed by atoms with Crippen molar-refractivity contribution < 1.29 is 23.0 Å². The van der Waals surface area contributed by atoms with Gasteiger partial charge in [-0.3, -0.25) is 14.2 Å². The molecule has 0 radical (unpaired) electrons. The lowest BCUT2D eigenvalue weighted by Crippen LogP contribution is -2.40. The second kappa shape index (κ2) is 13.9. The molecule has 5 heterocycles. The van der Waals surface area contributed by atoms with Crippen molar-refractivity contribution in [2.45, 2.75) is 40.3 Å². The summed E-state index contributed by atoms with van der Waals surface area (Å²) in [5.74, 6) is -1.67. The maximum Gasteiger partial charge on any atom is 0.246 e. The number of hydrogen-bond acceptors (Lipinski definition) is 7. The Bertz CT molecular complexity index is 2200. The van der Waals surface area contributed by atoms with Crippen molar-refractivity contribution in [1.29, 1.82) is 0 Å². The van der Waals surface area contributed by atoms with E-state index >= 15 is 4.39 Å². The molecule has 9 nitrogen and oxygen atoms in total. The van der Waals surface area contributed by atoms with Crippen LogP contribution in [0.1, 0.15) is 38.2 Å². The van der Waals surface area contributed by atoms with Crippen LogP contribution >= 0.6 is 11.3 Å². The summed E-state index contributed by atoms with van der Waals surface area (Å²) in [6.45, 7) is 12.8. The Kier molecular flexibility index (Phi) is 9.62. The summed E-state index contributed by atoms with van der Waals surface area (Å²) >= 11 is 1.43. The van der Waals surface area contributed by atoms with Gasteiger partial charge in [-0.25, -0.2) is 13.8 Å². The summed E-state index contributed by atoms with van der Waals surface area (Å²) in [6.07, 6.45) is 1.31. The molecule has 49 heavy (non-hydrogen) atoms. The molecule has 4 aromatic heterocycles. The summed E-state index contributed by atoms with van der Waals surface area (Å²) in [5, 5.41) is 13.3. The Balaban J connectivity index is 0.00000205. The van der Waals surface area contributed by atoms with Crippen molar-refractivity contribution in [3.05, 3.63) is 83.5 Å². The minimum atomic E-state index is -0.782. The predicted molar refractivity (Wildman–Crippen MR) is 190 cm³/mol. The number of aryl methyl sites for hydroxylation is 2. The van der Waals surface area contributed by atoms with Crippen LogP contribution in [0.25, 0.3) is 54.8 Å². The van der Waals surface area contributed by atoms with E-state index in [1.807, 2.05) is 73.8 Å². The Morgan fingerprint density at radius 2 is 1.84 bits per heavy atom. The van der Waals surface area contributed by atoms with Gasteiger partial charge in [0.15, 0.2) is 0 Å². The van der Waals surface area contributed by atoms with Crippen LogP contribution in [0, 0.1) is 18.6 Å². The van der Waals surface area contributed by atoms with E-state index in [0.29, 0.717) is 35.7 Å². The fourth-order valence-electron chi connectivity index (χ4n) is 6.43. The number of aromatic nitrogens is 5.